The molecule has 5 aliphatic heterocycles. The van der Waals surface area contributed by atoms with E-state index in [-0.39, 0.29) is 24.7 Å². The number of piperidine rings is 2. The Bertz CT molecular complexity index is 2090. The lowest BCUT2D eigenvalue weighted by Crippen LogP contribution is -2.48. The van der Waals surface area contributed by atoms with Crippen LogP contribution in [0.1, 0.15) is 81.0 Å². The van der Waals surface area contributed by atoms with E-state index in [4.69, 9.17) is 42.2 Å². The zero-order chi connectivity index (χ0) is 40.3. The number of carbonyl (C=O) groups is 2. The molecule has 1 amide bonds. The van der Waals surface area contributed by atoms with Gasteiger partial charge in [-0.25, -0.2) is 24.3 Å². The lowest BCUT2D eigenvalue weighted by Gasteiger charge is -2.39. The summed E-state index contributed by atoms with van der Waals surface area (Å²) in [5.74, 6) is 0.607. The first-order valence-corrected chi connectivity index (χ1v) is 22.9. The van der Waals surface area contributed by atoms with Crippen LogP contribution in [0.3, 0.4) is 0 Å². The third-order valence-electron chi connectivity index (χ3n) is 11.9. The summed E-state index contributed by atoms with van der Waals surface area (Å²) in [6, 6.07) is 7.77. The molecule has 0 bridgehead atoms. The number of alkyl halides is 2. The first-order valence-electron chi connectivity index (χ1n) is 20.3. The molecule has 3 saturated heterocycles. The van der Waals surface area contributed by atoms with Crippen LogP contribution < -0.4 is 15.4 Å². The van der Waals surface area contributed by atoms with E-state index in [9.17, 15) is 24.1 Å². The fourth-order valence-corrected chi connectivity index (χ4v) is 11.3. The van der Waals surface area contributed by atoms with Gasteiger partial charge >= 0.3 is 19.7 Å². The van der Waals surface area contributed by atoms with Crippen molar-refractivity contribution < 1.29 is 33.3 Å². The highest BCUT2D eigenvalue weighted by molar-refractivity contribution is 7.54. The lowest BCUT2D eigenvalue weighted by molar-refractivity contribution is -0.172. The maximum atomic E-state index is 13.6. The predicted molar refractivity (Wildman–Crippen MR) is 219 cm³/mol. The van der Waals surface area contributed by atoms with Gasteiger partial charge in [-0.3, -0.25) is 9.36 Å². The molecule has 2 atom stereocenters. The summed E-state index contributed by atoms with van der Waals surface area (Å²) in [6.45, 7) is 10.0. The highest BCUT2D eigenvalue weighted by Gasteiger charge is 2.45. The van der Waals surface area contributed by atoms with E-state index in [1.807, 2.05) is 17.0 Å². The fourth-order valence-electron chi connectivity index (χ4n) is 8.79. The number of hydrogen-bond donors (Lipinski definition) is 2. The molecule has 17 heteroatoms. The van der Waals surface area contributed by atoms with Gasteiger partial charge in [-0.1, -0.05) is 20.3 Å². The number of aliphatic hydroxyl groups is 1. The normalized spacial score (nSPS) is 23.9. The smallest absolute Gasteiger partial charge is 0.415 e. The van der Waals surface area contributed by atoms with E-state index in [2.05, 4.69) is 16.9 Å². The number of aryl methyl sites for hydroxylation is 1. The van der Waals surface area contributed by atoms with E-state index in [1.54, 1.807) is 28.3 Å². The van der Waals surface area contributed by atoms with Crippen molar-refractivity contribution in [3.05, 3.63) is 56.9 Å². The topological polar surface area (TPSA) is 156 Å². The number of amides is 1. The van der Waals surface area contributed by atoms with Crippen LogP contribution in [0.2, 0.25) is 0 Å². The molecule has 2 N–H and O–H groups in total. The standard InChI is InChI=1S/C33H38N4O6.C7H15Cl2N2O2P/c1-3-22-23-16-21(43-32(40)36-14-10-20(11-15-36)35-12-6-5-7-13-35)8-9-27(23)34-29-24(22)18-37-28(29)17-26-25(30(37)38)19-42-31(39)33(26,41)4-2;8-2-4-10-14(12)11(6-3-9)5-1-7-13-14/h8-9,16-17,20,41H,3-7,10-15,18-19H2,1-2H3;1-7H2,(H,10,12)/t33-;/m0./s1. The number of carbonyl (C=O) groups excluding carboxylic acids is 2. The molecular weight excluding hydrogens is 794 g/mol. The van der Waals surface area contributed by atoms with Crippen molar-refractivity contribution in [1.29, 1.82) is 0 Å². The molecule has 1 unspecified atom stereocenters. The minimum absolute atomic E-state index is 0.0951. The van der Waals surface area contributed by atoms with Crippen molar-refractivity contribution in [2.45, 2.75) is 90.0 Å². The van der Waals surface area contributed by atoms with Crippen molar-refractivity contribution in [1.82, 2.24) is 29.1 Å². The van der Waals surface area contributed by atoms with E-state index >= 15 is 0 Å². The molecule has 0 aliphatic carbocycles. The second-order valence-electron chi connectivity index (χ2n) is 15.2. The Kier molecular flexibility index (Phi) is 13.3. The summed E-state index contributed by atoms with van der Waals surface area (Å²) < 4.78 is 32.0. The molecule has 5 aliphatic rings. The highest BCUT2D eigenvalue weighted by Crippen LogP contribution is 2.49. The Hall–Kier alpha value is -3.07. The van der Waals surface area contributed by atoms with Gasteiger partial charge < -0.3 is 33.5 Å². The maximum Gasteiger partial charge on any atom is 0.415 e. The maximum absolute atomic E-state index is 13.6. The SMILES string of the molecule is CCc1c2c(nc3ccc(OC(=O)N4CCC(N5CCCCC5)CC4)cc13)-c1cc3c(c(=O)n1C2)COC(=O)[C@]3(O)CC.O=P1(NCCCl)OCCCN1CCCl. The Labute approximate surface area is 343 Å². The van der Waals surface area contributed by atoms with Gasteiger partial charge in [-0.2, -0.15) is 0 Å². The number of nitrogens with zero attached hydrogens (tertiary/aromatic N) is 5. The van der Waals surface area contributed by atoms with Gasteiger partial charge in [0.05, 0.1) is 35.6 Å². The van der Waals surface area contributed by atoms with Crippen molar-refractivity contribution in [2.24, 2.45) is 0 Å². The molecular formula is C40H53Cl2N6O8P. The van der Waals surface area contributed by atoms with Crippen molar-refractivity contribution in [3.8, 4) is 17.1 Å². The van der Waals surface area contributed by atoms with Crippen LogP contribution in [-0.4, -0.2) is 111 Å². The van der Waals surface area contributed by atoms with Gasteiger partial charge in [0.15, 0.2) is 5.60 Å². The Morgan fingerprint density at radius 1 is 1.04 bits per heavy atom. The first-order chi connectivity index (χ1) is 27.5. The highest BCUT2D eigenvalue weighted by atomic mass is 35.5. The van der Waals surface area contributed by atoms with E-state index in [1.165, 1.54) is 32.4 Å². The van der Waals surface area contributed by atoms with Crippen LogP contribution in [0.4, 0.5) is 4.79 Å². The summed E-state index contributed by atoms with van der Waals surface area (Å²) in [6.07, 6.45) is 7.15. The van der Waals surface area contributed by atoms with Gasteiger partial charge in [0.1, 0.15) is 12.4 Å². The Morgan fingerprint density at radius 3 is 2.51 bits per heavy atom. The van der Waals surface area contributed by atoms with Gasteiger partial charge in [-0.15, -0.1) is 23.2 Å². The van der Waals surface area contributed by atoms with Crippen LogP contribution in [0.15, 0.2) is 29.1 Å². The molecule has 8 rings (SSSR count). The zero-order valence-electron chi connectivity index (χ0n) is 32.8. The monoisotopic (exact) mass is 846 g/mol. The average Bonchev–Trinajstić information content (AvgIpc) is 3.60. The quantitative estimate of drug-likeness (QED) is 0.116. The third kappa shape index (κ3) is 8.39. The summed E-state index contributed by atoms with van der Waals surface area (Å²) in [7, 11) is -2.84. The molecule has 3 aromatic rings. The number of halogens is 2. The van der Waals surface area contributed by atoms with E-state index in [0.29, 0.717) is 91.8 Å². The average molecular weight is 848 g/mol. The second-order valence-corrected chi connectivity index (χ2v) is 18.1. The molecule has 7 heterocycles. The third-order valence-corrected chi connectivity index (χ3v) is 14.6. The fraction of sp³-hybridized carbons (Fsp3) is 0.600. The minimum atomic E-state index is -2.84. The van der Waals surface area contributed by atoms with Gasteiger partial charge in [0.2, 0.25) is 0 Å². The molecule has 0 spiro atoms. The number of esters is 1. The lowest BCUT2D eigenvalue weighted by atomic mass is 9.86. The zero-order valence-corrected chi connectivity index (χ0v) is 35.2. The number of pyridine rings is 2. The van der Waals surface area contributed by atoms with Crippen LogP contribution in [0.25, 0.3) is 22.3 Å². The largest absolute Gasteiger partial charge is 0.458 e. The summed E-state index contributed by atoms with van der Waals surface area (Å²) in [5, 5.41) is 14.9. The van der Waals surface area contributed by atoms with Crippen LogP contribution >= 0.6 is 30.9 Å². The number of fused-ring (bicyclic) bond motifs is 5. The molecule has 1 aromatic carbocycles. The number of benzene rings is 1. The molecule has 0 radical (unpaired) electrons. The molecule has 0 saturated carbocycles. The molecule has 310 valence electrons. The molecule has 14 nitrogen and oxygen atoms in total. The van der Waals surface area contributed by atoms with Crippen molar-refractivity contribution in [3.63, 3.8) is 0 Å². The summed E-state index contributed by atoms with van der Waals surface area (Å²) in [4.78, 5) is 48.5. The number of likely N-dealkylation sites (tertiary alicyclic amines) is 2. The second kappa shape index (κ2) is 18.0. The van der Waals surface area contributed by atoms with Crippen LogP contribution in [0, 0.1) is 0 Å². The molecule has 57 heavy (non-hydrogen) atoms. The predicted octanol–water partition coefficient (Wildman–Crippen LogP) is 5.98. The molecule has 3 fully saturated rings. The number of nitrogens with one attached hydrogen (secondary N) is 1. The minimum Gasteiger partial charge on any atom is -0.458 e. The summed E-state index contributed by atoms with van der Waals surface area (Å²) >= 11 is 11.1. The van der Waals surface area contributed by atoms with Crippen LogP contribution in [0.5, 0.6) is 5.75 Å². The number of aromatic nitrogens is 2. The molecule has 2 aromatic heterocycles. The number of cyclic esters (lactones) is 1. The van der Waals surface area contributed by atoms with Crippen LogP contribution in [-0.2, 0) is 43.8 Å². The first kappa shape index (κ1) is 42.1. The summed E-state index contributed by atoms with van der Waals surface area (Å²) in [5.41, 5.74) is 2.38. The van der Waals surface area contributed by atoms with Crippen molar-refractivity contribution in [2.75, 3.05) is 64.2 Å². The van der Waals surface area contributed by atoms with E-state index < -0.39 is 19.2 Å². The van der Waals surface area contributed by atoms with Gasteiger partial charge in [0.25, 0.3) is 5.56 Å². The number of rotatable bonds is 9. The number of ether oxygens (including phenoxy) is 2. The number of hydrogen-bond acceptors (Lipinski definition) is 10. The Balaban J connectivity index is 0.000000301. The van der Waals surface area contributed by atoms with Gasteiger partial charge in [0, 0.05) is 67.0 Å². The van der Waals surface area contributed by atoms with E-state index in [0.717, 1.165) is 47.8 Å². The Morgan fingerprint density at radius 2 is 1.81 bits per heavy atom. The van der Waals surface area contributed by atoms with Gasteiger partial charge in [-0.05, 0) is 87.9 Å². The van der Waals surface area contributed by atoms with Crippen molar-refractivity contribution >= 4 is 53.8 Å².